The van der Waals surface area contributed by atoms with Gasteiger partial charge in [0.1, 0.15) is 5.75 Å². The fourth-order valence-corrected chi connectivity index (χ4v) is 4.48. The van der Waals surface area contributed by atoms with Gasteiger partial charge in [-0.25, -0.2) is 4.98 Å². The van der Waals surface area contributed by atoms with Gasteiger partial charge in [-0.1, -0.05) is 66.4 Å². The smallest absolute Gasteiger partial charge is 0.387 e. The maximum absolute atomic E-state index is 13.2. The van der Waals surface area contributed by atoms with Crippen LogP contribution in [0.15, 0.2) is 88.8 Å². The second-order valence-corrected chi connectivity index (χ2v) is 8.79. The average Bonchev–Trinajstić information content (AvgIpc) is 2.86. The fourth-order valence-electron chi connectivity index (χ4n) is 3.54. The van der Waals surface area contributed by atoms with Gasteiger partial charge in [-0.3, -0.25) is 14.2 Å². The van der Waals surface area contributed by atoms with Crippen molar-refractivity contribution in [2.24, 2.45) is 0 Å². The molecule has 35 heavy (non-hydrogen) atoms. The molecule has 0 spiro atoms. The second-order valence-electron chi connectivity index (χ2n) is 7.85. The molecule has 0 fully saturated rings. The molecule has 1 aromatic heterocycles. The summed E-state index contributed by atoms with van der Waals surface area (Å²) in [5, 5.41) is 0.989. The molecule has 0 N–H and O–H groups in total. The Balaban J connectivity index is 1.49. The number of fused-ring (bicyclic) bond motifs is 1. The third-order valence-electron chi connectivity index (χ3n) is 5.33. The Morgan fingerprint density at radius 2 is 1.69 bits per heavy atom. The van der Waals surface area contributed by atoms with Crippen molar-refractivity contribution in [3.8, 4) is 5.75 Å². The molecule has 0 unspecified atom stereocenters. The maximum atomic E-state index is 13.2. The van der Waals surface area contributed by atoms with E-state index in [2.05, 4.69) is 9.72 Å². The number of para-hydroxylation sites is 1. The van der Waals surface area contributed by atoms with Crippen LogP contribution in [0.2, 0.25) is 0 Å². The first-order chi connectivity index (χ1) is 16.9. The van der Waals surface area contributed by atoms with Gasteiger partial charge < -0.3 is 9.64 Å². The number of ether oxygens (including phenoxy) is 1. The quantitative estimate of drug-likeness (QED) is 0.247. The maximum Gasteiger partial charge on any atom is 0.387 e. The Hall–Kier alpha value is -3.72. The molecule has 0 aliphatic heterocycles. The molecule has 3 aromatic carbocycles. The summed E-state index contributed by atoms with van der Waals surface area (Å²) in [6.07, 6.45) is 0. The molecule has 4 rings (SSSR count). The lowest BCUT2D eigenvalue weighted by atomic mass is 10.2. The van der Waals surface area contributed by atoms with Gasteiger partial charge in [-0.05, 0) is 35.4 Å². The molecule has 180 valence electrons. The Labute approximate surface area is 205 Å². The monoisotopic (exact) mass is 495 g/mol. The van der Waals surface area contributed by atoms with Crippen LogP contribution in [0.25, 0.3) is 10.9 Å². The molecule has 0 radical (unpaired) electrons. The van der Waals surface area contributed by atoms with E-state index >= 15 is 0 Å². The first-order valence-electron chi connectivity index (χ1n) is 10.8. The highest BCUT2D eigenvalue weighted by Crippen LogP contribution is 2.20. The normalized spacial score (nSPS) is 11.1. The third-order valence-corrected chi connectivity index (χ3v) is 6.29. The number of rotatable bonds is 9. The molecule has 1 heterocycles. The van der Waals surface area contributed by atoms with E-state index in [0.29, 0.717) is 29.1 Å². The zero-order valence-electron chi connectivity index (χ0n) is 18.9. The van der Waals surface area contributed by atoms with Gasteiger partial charge in [-0.2, -0.15) is 8.78 Å². The standard InChI is InChI=1S/C26H23F2N3O3S/c1-30(15-19-11-13-20(14-12-19)34-25(27)28)23(32)17-35-26-29-22-10-6-5-9-21(22)24(33)31(26)16-18-7-3-2-4-8-18/h2-14,25H,15-17H2,1H3. The zero-order valence-corrected chi connectivity index (χ0v) is 19.8. The van der Waals surface area contributed by atoms with Gasteiger partial charge in [-0.15, -0.1) is 0 Å². The van der Waals surface area contributed by atoms with Crippen molar-refractivity contribution in [2.75, 3.05) is 12.8 Å². The molecular formula is C26H23F2N3O3S. The van der Waals surface area contributed by atoms with Gasteiger partial charge in [0.25, 0.3) is 5.56 Å². The van der Waals surface area contributed by atoms with Gasteiger partial charge in [0, 0.05) is 13.6 Å². The van der Waals surface area contributed by atoms with Gasteiger partial charge in [0.05, 0.1) is 23.2 Å². The summed E-state index contributed by atoms with van der Waals surface area (Å²) in [5.41, 5.74) is 2.15. The van der Waals surface area contributed by atoms with Crippen molar-refractivity contribution in [1.82, 2.24) is 14.5 Å². The van der Waals surface area contributed by atoms with Crippen molar-refractivity contribution in [2.45, 2.75) is 24.9 Å². The number of aromatic nitrogens is 2. The predicted molar refractivity (Wildman–Crippen MR) is 132 cm³/mol. The van der Waals surface area contributed by atoms with E-state index in [4.69, 9.17) is 0 Å². The highest BCUT2D eigenvalue weighted by molar-refractivity contribution is 7.99. The summed E-state index contributed by atoms with van der Waals surface area (Å²) in [7, 11) is 1.66. The van der Waals surface area contributed by atoms with Crippen molar-refractivity contribution in [3.05, 3.63) is 100 Å². The number of hydrogen-bond acceptors (Lipinski definition) is 5. The number of carbonyl (C=O) groups excluding carboxylic acids is 1. The Kier molecular flexibility index (Phi) is 7.77. The second kappa shape index (κ2) is 11.1. The van der Waals surface area contributed by atoms with Crippen LogP contribution in [0.5, 0.6) is 5.75 Å². The number of thioether (sulfide) groups is 1. The van der Waals surface area contributed by atoms with E-state index in [1.807, 2.05) is 36.4 Å². The summed E-state index contributed by atoms with van der Waals surface area (Å²) >= 11 is 1.21. The fraction of sp³-hybridized carbons (Fsp3) is 0.192. The van der Waals surface area contributed by atoms with Crippen molar-refractivity contribution >= 4 is 28.6 Å². The number of hydrogen-bond donors (Lipinski definition) is 0. The summed E-state index contributed by atoms with van der Waals surface area (Å²) in [4.78, 5) is 32.2. The SMILES string of the molecule is CN(Cc1ccc(OC(F)F)cc1)C(=O)CSc1nc2ccccc2c(=O)n1Cc1ccccc1. The van der Waals surface area contributed by atoms with E-state index in [0.717, 1.165) is 11.1 Å². The highest BCUT2D eigenvalue weighted by atomic mass is 32.2. The first kappa shape index (κ1) is 24.4. The lowest BCUT2D eigenvalue weighted by Crippen LogP contribution is -2.29. The van der Waals surface area contributed by atoms with Gasteiger partial charge >= 0.3 is 6.61 Å². The topological polar surface area (TPSA) is 64.4 Å². The van der Waals surface area contributed by atoms with Crippen LogP contribution < -0.4 is 10.3 Å². The first-order valence-corrected chi connectivity index (χ1v) is 11.8. The number of amides is 1. The minimum absolute atomic E-state index is 0.0621. The molecule has 0 atom stereocenters. The third kappa shape index (κ3) is 6.24. The van der Waals surface area contributed by atoms with Crippen LogP contribution in [0.1, 0.15) is 11.1 Å². The van der Waals surface area contributed by atoms with Crippen molar-refractivity contribution in [1.29, 1.82) is 0 Å². The Morgan fingerprint density at radius 3 is 2.40 bits per heavy atom. The largest absolute Gasteiger partial charge is 0.435 e. The van der Waals surface area contributed by atoms with E-state index in [9.17, 15) is 18.4 Å². The lowest BCUT2D eigenvalue weighted by Gasteiger charge is -2.18. The predicted octanol–water partition coefficient (Wildman–Crippen LogP) is 4.80. The minimum Gasteiger partial charge on any atom is -0.435 e. The molecule has 4 aromatic rings. The number of alkyl halides is 2. The molecule has 0 bridgehead atoms. The van der Waals surface area contributed by atoms with Crippen LogP contribution in [-0.4, -0.2) is 39.8 Å². The summed E-state index contributed by atoms with van der Waals surface area (Å²) < 4.78 is 30.6. The average molecular weight is 496 g/mol. The summed E-state index contributed by atoms with van der Waals surface area (Å²) in [6.45, 7) is -2.24. The molecule has 6 nitrogen and oxygen atoms in total. The molecule has 0 aliphatic rings. The lowest BCUT2D eigenvalue weighted by molar-refractivity contribution is -0.127. The van der Waals surface area contributed by atoms with Gasteiger partial charge in [0.15, 0.2) is 5.16 Å². The van der Waals surface area contributed by atoms with Crippen LogP contribution in [0.3, 0.4) is 0 Å². The van der Waals surface area contributed by atoms with Crippen LogP contribution in [-0.2, 0) is 17.9 Å². The number of nitrogens with zero attached hydrogens (tertiary/aromatic N) is 3. The van der Waals surface area contributed by atoms with E-state index in [1.54, 1.807) is 41.9 Å². The van der Waals surface area contributed by atoms with Crippen LogP contribution in [0.4, 0.5) is 8.78 Å². The van der Waals surface area contributed by atoms with Crippen molar-refractivity contribution < 1.29 is 18.3 Å². The zero-order chi connectivity index (χ0) is 24.8. The number of carbonyl (C=O) groups is 1. The Bertz CT molecular complexity index is 1360. The molecule has 0 saturated heterocycles. The van der Waals surface area contributed by atoms with E-state index < -0.39 is 6.61 Å². The van der Waals surface area contributed by atoms with Gasteiger partial charge in [0.2, 0.25) is 5.91 Å². The van der Waals surface area contributed by atoms with E-state index in [-0.39, 0.29) is 23.0 Å². The Morgan fingerprint density at radius 1 is 1.00 bits per heavy atom. The minimum atomic E-state index is -2.88. The molecule has 0 saturated carbocycles. The van der Waals surface area contributed by atoms with Crippen LogP contribution in [0, 0.1) is 0 Å². The number of halogens is 2. The summed E-state index contributed by atoms with van der Waals surface area (Å²) in [5.74, 6) is -0.00790. The van der Waals surface area contributed by atoms with Crippen molar-refractivity contribution in [3.63, 3.8) is 0 Å². The highest BCUT2D eigenvalue weighted by Gasteiger charge is 2.16. The number of benzene rings is 3. The molecule has 9 heteroatoms. The van der Waals surface area contributed by atoms with E-state index in [1.165, 1.54) is 28.8 Å². The molecule has 0 aliphatic carbocycles. The molecular weight excluding hydrogens is 472 g/mol. The molecule has 1 amide bonds. The van der Waals surface area contributed by atoms with Crippen LogP contribution >= 0.6 is 11.8 Å². The summed E-state index contributed by atoms with van der Waals surface area (Å²) in [6, 6.07) is 22.9.